The summed E-state index contributed by atoms with van der Waals surface area (Å²) in [5.41, 5.74) is 1.70. The normalized spacial score (nSPS) is 10.4. The molecule has 1 heterocycles. The first-order valence-corrected chi connectivity index (χ1v) is 5.31. The van der Waals surface area contributed by atoms with E-state index in [1.807, 2.05) is 13.2 Å². The maximum absolute atomic E-state index is 10.5. The van der Waals surface area contributed by atoms with E-state index in [0.29, 0.717) is 0 Å². The average Bonchev–Trinajstić information content (AvgIpc) is 2.58. The summed E-state index contributed by atoms with van der Waals surface area (Å²) in [5.74, 6) is 0. The molecule has 0 saturated heterocycles. The third-order valence-corrected chi connectivity index (χ3v) is 2.72. The second-order valence-electron chi connectivity index (χ2n) is 3.30. The zero-order valence-electron chi connectivity index (χ0n) is 8.42. The van der Waals surface area contributed by atoms with Crippen LogP contribution in [0.3, 0.4) is 0 Å². The van der Waals surface area contributed by atoms with E-state index < -0.39 is 4.92 Å². The van der Waals surface area contributed by atoms with Crippen molar-refractivity contribution < 1.29 is 4.92 Å². The molecule has 82 valence electrons. The van der Waals surface area contributed by atoms with Gasteiger partial charge in [0.25, 0.3) is 5.69 Å². The lowest BCUT2D eigenvalue weighted by Gasteiger charge is -1.97. The zero-order valence-corrected chi connectivity index (χ0v) is 10.0. The van der Waals surface area contributed by atoms with E-state index in [-0.39, 0.29) is 5.69 Å². The summed E-state index contributed by atoms with van der Waals surface area (Å²) in [5, 5.41) is 14.8. The molecule has 0 aliphatic heterocycles. The summed E-state index contributed by atoms with van der Waals surface area (Å²) in [4.78, 5) is 10.1. The summed E-state index contributed by atoms with van der Waals surface area (Å²) >= 11 is 3.38. The van der Waals surface area contributed by atoms with E-state index >= 15 is 0 Å². The van der Waals surface area contributed by atoms with Gasteiger partial charge in [0.15, 0.2) is 0 Å². The monoisotopic (exact) mass is 281 g/mol. The number of hydrogen-bond donors (Lipinski definition) is 0. The Morgan fingerprint density at radius 2 is 2.00 bits per heavy atom. The van der Waals surface area contributed by atoms with Crippen LogP contribution in [0.5, 0.6) is 0 Å². The molecular weight excluding hydrogens is 274 g/mol. The van der Waals surface area contributed by atoms with Crippen LogP contribution in [0.25, 0.3) is 11.3 Å². The molecule has 16 heavy (non-hydrogen) atoms. The third-order valence-electron chi connectivity index (χ3n) is 2.14. The fourth-order valence-corrected chi connectivity index (χ4v) is 2.00. The third kappa shape index (κ3) is 1.96. The number of hydrogen-bond acceptors (Lipinski definition) is 3. The largest absolute Gasteiger partial charge is 0.274 e. The second-order valence-corrected chi connectivity index (χ2v) is 4.16. The van der Waals surface area contributed by atoms with Crippen molar-refractivity contribution in [2.24, 2.45) is 7.05 Å². The highest BCUT2D eigenvalue weighted by Gasteiger charge is 2.10. The van der Waals surface area contributed by atoms with Crippen molar-refractivity contribution in [1.82, 2.24) is 9.78 Å². The van der Waals surface area contributed by atoms with Gasteiger partial charge < -0.3 is 0 Å². The first kappa shape index (κ1) is 10.8. The number of nitro groups is 1. The number of aryl methyl sites for hydroxylation is 1. The number of benzene rings is 1. The molecule has 0 aliphatic rings. The van der Waals surface area contributed by atoms with Crippen LogP contribution >= 0.6 is 15.9 Å². The van der Waals surface area contributed by atoms with E-state index in [1.165, 1.54) is 12.1 Å². The van der Waals surface area contributed by atoms with Crippen molar-refractivity contribution in [3.8, 4) is 11.3 Å². The van der Waals surface area contributed by atoms with Gasteiger partial charge in [-0.25, -0.2) is 0 Å². The van der Waals surface area contributed by atoms with Gasteiger partial charge in [0, 0.05) is 30.9 Å². The molecule has 0 unspecified atom stereocenters. The van der Waals surface area contributed by atoms with Crippen LogP contribution in [0, 0.1) is 10.1 Å². The zero-order chi connectivity index (χ0) is 11.7. The van der Waals surface area contributed by atoms with Crippen LogP contribution in [-0.2, 0) is 7.05 Å². The minimum atomic E-state index is -0.419. The van der Waals surface area contributed by atoms with E-state index in [1.54, 1.807) is 16.8 Å². The topological polar surface area (TPSA) is 61.0 Å². The summed E-state index contributed by atoms with van der Waals surface area (Å²) in [6, 6.07) is 6.31. The first-order chi connectivity index (χ1) is 7.58. The van der Waals surface area contributed by atoms with Gasteiger partial charge in [-0.15, -0.1) is 0 Å². The van der Waals surface area contributed by atoms with Gasteiger partial charge >= 0.3 is 0 Å². The van der Waals surface area contributed by atoms with E-state index in [2.05, 4.69) is 21.0 Å². The standard InChI is InChI=1S/C10H8BrN3O2/c1-13-6-9(11)10(12-13)7-2-4-8(5-3-7)14(15)16/h2-6H,1H3. The lowest BCUT2D eigenvalue weighted by Crippen LogP contribution is -1.89. The van der Waals surface area contributed by atoms with Crippen LogP contribution in [0.4, 0.5) is 5.69 Å². The molecule has 0 saturated carbocycles. The smallest absolute Gasteiger partial charge is 0.269 e. The van der Waals surface area contributed by atoms with Crippen molar-refractivity contribution in [2.75, 3.05) is 0 Å². The molecule has 0 bridgehead atoms. The van der Waals surface area contributed by atoms with Crippen LogP contribution in [0.2, 0.25) is 0 Å². The maximum Gasteiger partial charge on any atom is 0.269 e. The highest BCUT2D eigenvalue weighted by molar-refractivity contribution is 9.10. The second kappa shape index (κ2) is 4.05. The predicted molar refractivity (Wildman–Crippen MR) is 63.0 cm³/mol. The van der Waals surface area contributed by atoms with Gasteiger partial charge in [-0.1, -0.05) is 0 Å². The molecule has 1 aromatic carbocycles. The average molecular weight is 282 g/mol. The Labute approximate surface area is 100.0 Å². The van der Waals surface area contributed by atoms with Gasteiger partial charge in [-0.05, 0) is 28.1 Å². The molecular formula is C10H8BrN3O2. The highest BCUT2D eigenvalue weighted by atomic mass is 79.9. The molecule has 0 aliphatic carbocycles. The highest BCUT2D eigenvalue weighted by Crippen LogP contribution is 2.27. The molecule has 0 fully saturated rings. The van der Waals surface area contributed by atoms with Crippen LogP contribution in [0.1, 0.15) is 0 Å². The SMILES string of the molecule is Cn1cc(Br)c(-c2ccc([N+](=O)[O-])cc2)n1. The number of halogens is 1. The molecule has 5 nitrogen and oxygen atoms in total. The number of nitro benzene ring substituents is 1. The van der Waals surface area contributed by atoms with E-state index in [0.717, 1.165) is 15.7 Å². The first-order valence-electron chi connectivity index (χ1n) is 4.52. The summed E-state index contributed by atoms with van der Waals surface area (Å²) in [7, 11) is 1.82. The van der Waals surface area contributed by atoms with E-state index in [4.69, 9.17) is 0 Å². The Balaban J connectivity index is 2.42. The molecule has 6 heteroatoms. The maximum atomic E-state index is 10.5. The predicted octanol–water partition coefficient (Wildman–Crippen LogP) is 2.76. The molecule has 0 spiro atoms. The molecule has 2 rings (SSSR count). The van der Waals surface area contributed by atoms with Crippen molar-refractivity contribution in [1.29, 1.82) is 0 Å². The van der Waals surface area contributed by atoms with Crippen LogP contribution < -0.4 is 0 Å². The Hall–Kier alpha value is -1.69. The van der Waals surface area contributed by atoms with Gasteiger partial charge in [-0.2, -0.15) is 5.10 Å². The fraction of sp³-hybridized carbons (Fsp3) is 0.100. The lowest BCUT2D eigenvalue weighted by atomic mass is 10.1. The van der Waals surface area contributed by atoms with Gasteiger partial charge in [0.05, 0.1) is 9.40 Å². The molecule has 0 amide bonds. The van der Waals surface area contributed by atoms with Crippen LogP contribution in [-0.4, -0.2) is 14.7 Å². The number of aromatic nitrogens is 2. The molecule has 0 atom stereocenters. The summed E-state index contributed by atoms with van der Waals surface area (Å²) < 4.78 is 2.55. The minimum Gasteiger partial charge on any atom is -0.274 e. The van der Waals surface area contributed by atoms with Gasteiger partial charge in [-0.3, -0.25) is 14.8 Å². The Bertz CT molecular complexity index is 533. The molecule has 1 aromatic heterocycles. The van der Waals surface area contributed by atoms with Gasteiger partial charge in [0.2, 0.25) is 0 Å². The number of rotatable bonds is 2. The Morgan fingerprint density at radius 3 is 2.44 bits per heavy atom. The lowest BCUT2D eigenvalue weighted by molar-refractivity contribution is -0.384. The Kier molecular flexibility index (Phi) is 2.74. The number of non-ortho nitro benzene ring substituents is 1. The Morgan fingerprint density at radius 1 is 1.38 bits per heavy atom. The fourth-order valence-electron chi connectivity index (χ4n) is 1.40. The van der Waals surface area contributed by atoms with Crippen LogP contribution in [0.15, 0.2) is 34.9 Å². The van der Waals surface area contributed by atoms with Crippen molar-refractivity contribution in [3.05, 3.63) is 45.0 Å². The quantitative estimate of drug-likeness (QED) is 0.628. The molecule has 0 radical (unpaired) electrons. The van der Waals surface area contributed by atoms with Crippen molar-refractivity contribution in [2.45, 2.75) is 0 Å². The van der Waals surface area contributed by atoms with Gasteiger partial charge in [0.1, 0.15) is 5.69 Å². The number of nitrogens with zero attached hydrogens (tertiary/aromatic N) is 3. The van der Waals surface area contributed by atoms with Crippen molar-refractivity contribution >= 4 is 21.6 Å². The minimum absolute atomic E-state index is 0.0794. The van der Waals surface area contributed by atoms with Crippen molar-refractivity contribution in [3.63, 3.8) is 0 Å². The molecule has 0 N–H and O–H groups in total. The molecule has 2 aromatic rings. The summed E-state index contributed by atoms with van der Waals surface area (Å²) in [6.07, 6.45) is 1.83. The summed E-state index contributed by atoms with van der Waals surface area (Å²) in [6.45, 7) is 0. The van der Waals surface area contributed by atoms with E-state index in [9.17, 15) is 10.1 Å².